The fourth-order valence-corrected chi connectivity index (χ4v) is 2.88. The quantitative estimate of drug-likeness (QED) is 0.678. The molecule has 0 saturated carbocycles. The summed E-state index contributed by atoms with van der Waals surface area (Å²) in [4.78, 5) is 12.7. The first-order valence-corrected chi connectivity index (χ1v) is 8.82. The van der Waals surface area contributed by atoms with Gasteiger partial charge in [0, 0.05) is 17.7 Å². The van der Waals surface area contributed by atoms with E-state index in [0.717, 1.165) is 0 Å². The Labute approximate surface area is 160 Å². The van der Waals surface area contributed by atoms with Crippen molar-refractivity contribution >= 4 is 0 Å². The number of aryl methyl sites for hydroxylation is 1. The third-order valence-corrected chi connectivity index (χ3v) is 4.35. The lowest BCUT2D eigenvalue weighted by atomic mass is 10.1. The zero-order valence-electron chi connectivity index (χ0n) is 15.4. The van der Waals surface area contributed by atoms with E-state index in [2.05, 4.69) is 5.10 Å². The van der Waals surface area contributed by atoms with Crippen molar-refractivity contribution in [2.75, 3.05) is 13.7 Å². The van der Waals surface area contributed by atoms with Crippen molar-refractivity contribution in [2.45, 2.75) is 19.4 Å². The van der Waals surface area contributed by atoms with Crippen LogP contribution in [0.25, 0.3) is 11.3 Å². The van der Waals surface area contributed by atoms with Gasteiger partial charge in [-0.25, -0.2) is 13.5 Å². The number of hydrogen-bond acceptors (Lipinski definition) is 4. The number of methoxy groups -OCH3 is 1. The SMILES string of the molecule is COc1ccc(-c2cc(CCCO)c(=O)n(Cc3ccc(F)cc3)n2)cc1F. The molecule has 0 aliphatic carbocycles. The van der Waals surface area contributed by atoms with Crippen molar-refractivity contribution in [3.8, 4) is 17.0 Å². The molecule has 1 aromatic heterocycles. The predicted octanol–water partition coefficient (Wildman–Crippen LogP) is 3.17. The van der Waals surface area contributed by atoms with Crippen molar-refractivity contribution in [3.63, 3.8) is 0 Å². The molecular weight excluding hydrogens is 366 g/mol. The maximum atomic E-state index is 14.1. The van der Waals surface area contributed by atoms with Gasteiger partial charge in [-0.1, -0.05) is 12.1 Å². The Hall–Kier alpha value is -3.06. The van der Waals surface area contributed by atoms with Crippen LogP contribution in [0.2, 0.25) is 0 Å². The molecule has 2 aromatic carbocycles. The van der Waals surface area contributed by atoms with Crippen LogP contribution in [-0.4, -0.2) is 28.6 Å². The Morgan fingerprint density at radius 1 is 1.11 bits per heavy atom. The van der Waals surface area contributed by atoms with Gasteiger partial charge >= 0.3 is 0 Å². The highest BCUT2D eigenvalue weighted by atomic mass is 19.1. The molecule has 0 unspecified atom stereocenters. The molecule has 7 heteroatoms. The third-order valence-electron chi connectivity index (χ3n) is 4.35. The first-order chi connectivity index (χ1) is 13.5. The van der Waals surface area contributed by atoms with Crippen molar-refractivity contribution in [2.24, 2.45) is 0 Å². The summed E-state index contributed by atoms with van der Waals surface area (Å²) in [6.45, 7) is 0.101. The molecule has 146 valence electrons. The van der Waals surface area contributed by atoms with E-state index in [-0.39, 0.29) is 30.3 Å². The number of nitrogens with zero attached hydrogens (tertiary/aromatic N) is 2. The van der Waals surface area contributed by atoms with Gasteiger partial charge in [-0.2, -0.15) is 5.10 Å². The van der Waals surface area contributed by atoms with Gasteiger partial charge in [0.1, 0.15) is 5.82 Å². The Balaban J connectivity index is 2.05. The number of hydrogen-bond donors (Lipinski definition) is 1. The summed E-state index contributed by atoms with van der Waals surface area (Å²) in [7, 11) is 1.38. The van der Waals surface area contributed by atoms with Crippen LogP contribution in [0, 0.1) is 11.6 Å². The minimum atomic E-state index is -0.532. The number of benzene rings is 2. The van der Waals surface area contributed by atoms with E-state index in [0.29, 0.717) is 35.2 Å². The summed E-state index contributed by atoms with van der Waals surface area (Å²) in [5.74, 6) is -0.783. The molecular formula is C21H20F2N2O3. The van der Waals surface area contributed by atoms with Crippen LogP contribution >= 0.6 is 0 Å². The van der Waals surface area contributed by atoms with E-state index >= 15 is 0 Å². The summed E-state index contributed by atoms with van der Waals surface area (Å²) in [5.41, 5.74) is 1.81. The summed E-state index contributed by atoms with van der Waals surface area (Å²) in [6.07, 6.45) is 0.791. The van der Waals surface area contributed by atoms with E-state index in [1.54, 1.807) is 24.3 Å². The van der Waals surface area contributed by atoms with Crippen molar-refractivity contribution in [1.29, 1.82) is 0 Å². The molecule has 28 heavy (non-hydrogen) atoms. The van der Waals surface area contributed by atoms with Crippen LogP contribution in [0.15, 0.2) is 53.3 Å². The number of rotatable bonds is 7. The van der Waals surface area contributed by atoms with Crippen molar-refractivity contribution in [1.82, 2.24) is 9.78 Å². The minimum absolute atomic E-state index is 0.0494. The molecule has 3 rings (SSSR count). The van der Waals surface area contributed by atoms with Crippen LogP contribution in [-0.2, 0) is 13.0 Å². The molecule has 5 nitrogen and oxygen atoms in total. The average Bonchev–Trinajstić information content (AvgIpc) is 2.70. The number of aromatic nitrogens is 2. The highest BCUT2D eigenvalue weighted by Crippen LogP contribution is 2.24. The van der Waals surface area contributed by atoms with Gasteiger partial charge < -0.3 is 9.84 Å². The lowest BCUT2D eigenvalue weighted by Gasteiger charge is -2.12. The second kappa shape index (κ2) is 8.75. The smallest absolute Gasteiger partial charge is 0.270 e. The van der Waals surface area contributed by atoms with Crippen molar-refractivity contribution < 1.29 is 18.6 Å². The summed E-state index contributed by atoms with van der Waals surface area (Å²) in [5, 5.41) is 13.5. The molecule has 1 heterocycles. The zero-order chi connectivity index (χ0) is 20.1. The second-order valence-corrected chi connectivity index (χ2v) is 6.32. The summed E-state index contributed by atoms with van der Waals surface area (Å²) in [6, 6.07) is 11.9. The van der Waals surface area contributed by atoms with E-state index < -0.39 is 5.82 Å². The molecule has 0 spiro atoms. The highest BCUT2D eigenvalue weighted by molar-refractivity contribution is 5.60. The normalized spacial score (nSPS) is 10.9. The molecule has 0 aliphatic rings. The predicted molar refractivity (Wildman–Crippen MR) is 101 cm³/mol. The van der Waals surface area contributed by atoms with Gasteiger partial charge in [0.25, 0.3) is 5.56 Å². The van der Waals surface area contributed by atoms with Gasteiger partial charge in [0.15, 0.2) is 11.6 Å². The van der Waals surface area contributed by atoms with E-state index in [1.807, 2.05) is 0 Å². The monoisotopic (exact) mass is 386 g/mol. The number of aliphatic hydroxyl groups excluding tert-OH is 1. The Bertz CT molecular complexity index is 1020. The van der Waals surface area contributed by atoms with Crippen LogP contribution in [0.5, 0.6) is 5.75 Å². The topological polar surface area (TPSA) is 64.3 Å². The maximum Gasteiger partial charge on any atom is 0.270 e. The fourth-order valence-electron chi connectivity index (χ4n) is 2.88. The molecule has 0 amide bonds. The van der Waals surface area contributed by atoms with Gasteiger partial charge in [-0.05, 0) is 54.8 Å². The third kappa shape index (κ3) is 4.43. The van der Waals surface area contributed by atoms with Crippen LogP contribution in [0.3, 0.4) is 0 Å². The zero-order valence-corrected chi connectivity index (χ0v) is 15.4. The van der Waals surface area contributed by atoms with E-state index in [4.69, 9.17) is 9.84 Å². The summed E-state index contributed by atoms with van der Waals surface area (Å²) >= 11 is 0. The average molecular weight is 386 g/mol. The fraction of sp³-hybridized carbons (Fsp3) is 0.238. The number of ether oxygens (including phenoxy) is 1. The molecule has 3 aromatic rings. The maximum absolute atomic E-state index is 14.1. The van der Waals surface area contributed by atoms with Gasteiger partial charge in [-0.15, -0.1) is 0 Å². The first-order valence-electron chi connectivity index (χ1n) is 8.82. The molecule has 1 N–H and O–H groups in total. The largest absolute Gasteiger partial charge is 0.494 e. The molecule has 0 radical (unpaired) electrons. The molecule has 0 bridgehead atoms. The lowest BCUT2D eigenvalue weighted by molar-refractivity contribution is 0.288. The van der Waals surface area contributed by atoms with E-state index in [1.165, 1.54) is 36.1 Å². The summed E-state index contributed by atoms with van der Waals surface area (Å²) < 4.78 is 33.5. The minimum Gasteiger partial charge on any atom is -0.494 e. The van der Waals surface area contributed by atoms with Gasteiger partial charge in [-0.3, -0.25) is 4.79 Å². The first kappa shape index (κ1) is 19.7. The lowest BCUT2D eigenvalue weighted by Crippen LogP contribution is -2.27. The number of aliphatic hydroxyl groups is 1. The van der Waals surface area contributed by atoms with Gasteiger partial charge in [0.05, 0.1) is 19.3 Å². The molecule has 0 saturated heterocycles. The standard InChI is InChI=1S/C21H20F2N2O3/c1-28-20-9-6-15(11-18(20)23)19-12-16(3-2-10-26)21(27)25(24-19)13-14-4-7-17(22)8-5-14/h4-9,11-12,26H,2-3,10,13H2,1H3. The van der Waals surface area contributed by atoms with Crippen molar-refractivity contribution in [3.05, 3.63) is 81.6 Å². The molecule has 0 aliphatic heterocycles. The highest BCUT2D eigenvalue weighted by Gasteiger charge is 2.13. The Kier molecular flexibility index (Phi) is 6.16. The van der Waals surface area contributed by atoms with Gasteiger partial charge in [0.2, 0.25) is 0 Å². The Morgan fingerprint density at radius 3 is 2.50 bits per heavy atom. The van der Waals surface area contributed by atoms with Crippen LogP contribution in [0.1, 0.15) is 17.5 Å². The second-order valence-electron chi connectivity index (χ2n) is 6.32. The van der Waals surface area contributed by atoms with Crippen LogP contribution in [0.4, 0.5) is 8.78 Å². The molecule has 0 atom stereocenters. The van der Waals surface area contributed by atoms with Crippen LogP contribution < -0.4 is 10.3 Å². The Morgan fingerprint density at radius 2 is 1.86 bits per heavy atom. The molecule has 0 fully saturated rings. The van der Waals surface area contributed by atoms with E-state index in [9.17, 15) is 13.6 Å². The number of halogens is 2.